The monoisotopic (exact) mass is 996 g/mol. The Morgan fingerprint density at radius 3 is 2.42 bits per heavy atom. The number of benzene rings is 3. The molecule has 382 valence electrons. The van der Waals surface area contributed by atoms with E-state index < -0.39 is 41.3 Å². The molecule has 2 fully saturated rings. The summed E-state index contributed by atoms with van der Waals surface area (Å²) < 4.78 is 11.7. The highest BCUT2D eigenvalue weighted by Gasteiger charge is 2.45. The van der Waals surface area contributed by atoms with Gasteiger partial charge >= 0.3 is 5.97 Å². The number of amides is 5. The van der Waals surface area contributed by atoms with Crippen molar-refractivity contribution in [3.63, 3.8) is 0 Å². The van der Waals surface area contributed by atoms with Gasteiger partial charge in [-0.3, -0.25) is 39.1 Å². The first-order valence-electron chi connectivity index (χ1n) is 24.9. The van der Waals surface area contributed by atoms with Crippen molar-refractivity contribution in [2.45, 2.75) is 82.9 Å². The molecule has 0 aliphatic carbocycles. The first-order chi connectivity index (χ1) is 35.3. The number of ether oxygens (including phenoxy) is 1. The third-order valence-electron chi connectivity index (χ3n) is 13.6. The number of esters is 1. The lowest BCUT2D eigenvalue weighted by atomic mass is 9.95. The summed E-state index contributed by atoms with van der Waals surface area (Å²) in [5.74, 6) is -1.12. The van der Waals surface area contributed by atoms with Gasteiger partial charge in [0.15, 0.2) is 0 Å². The van der Waals surface area contributed by atoms with Crippen LogP contribution in [-0.4, -0.2) is 140 Å². The number of aryl methyl sites for hydroxylation is 1. The van der Waals surface area contributed by atoms with E-state index in [9.17, 15) is 33.9 Å². The number of fused-ring (bicyclic) bond motifs is 2. The SMILES string of the molecule is CC1(C)OC(=O)c2ccc(Nc3ncc(-c4nnc(CCCN5CCN(CC(=O)NCCCCCCNc6cccc7c6C(=O)N(C6CCC(=O)NC6=O)C7=O)CC5)o4)c(N[C@H](CO)c4ccccc4)n3)cc21. The lowest BCUT2D eigenvalue weighted by molar-refractivity contribution is -0.136. The summed E-state index contributed by atoms with van der Waals surface area (Å²) in [6.07, 6.45) is 6.58. The minimum absolute atomic E-state index is 0.00452. The molecule has 73 heavy (non-hydrogen) atoms. The molecule has 1 unspecified atom stereocenters. The number of imide groups is 2. The van der Waals surface area contributed by atoms with E-state index >= 15 is 0 Å². The Morgan fingerprint density at radius 1 is 0.863 bits per heavy atom. The fourth-order valence-corrected chi connectivity index (χ4v) is 9.63. The van der Waals surface area contributed by atoms with E-state index in [0.717, 1.165) is 80.9 Å². The topological polar surface area (TPSA) is 266 Å². The van der Waals surface area contributed by atoms with Crippen LogP contribution < -0.4 is 26.6 Å². The van der Waals surface area contributed by atoms with Gasteiger partial charge in [-0.05, 0) is 82.0 Å². The molecule has 21 heteroatoms. The largest absolute Gasteiger partial charge is 0.451 e. The van der Waals surface area contributed by atoms with Crippen LogP contribution in [0, 0.1) is 0 Å². The van der Waals surface area contributed by atoms with E-state index in [1.165, 1.54) is 0 Å². The molecule has 5 amide bonds. The maximum absolute atomic E-state index is 13.3. The Bertz CT molecular complexity index is 2870. The average Bonchev–Trinajstić information content (AvgIpc) is 4.02. The number of aliphatic hydroxyl groups excluding tert-OH is 1. The average molecular weight is 997 g/mol. The van der Waals surface area contributed by atoms with Crippen molar-refractivity contribution in [1.82, 2.24) is 45.5 Å². The second-order valence-corrected chi connectivity index (χ2v) is 19.1. The fraction of sp³-hybridized carbons (Fsp3) is 0.423. The van der Waals surface area contributed by atoms with Crippen molar-refractivity contribution >= 4 is 58.6 Å². The molecule has 4 aliphatic rings. The number of piperidine rings is 1. The standard InChI is InChI=1S/C52H60N12O9/c1-52(2)37-28-33(17-18-34(37)50(71)73-52)56-51-55-29-36(45(59-51)57-39(31-65)32-12-6-5-7-13-32)47-61-60-43(72-47)16-11-23-62-24-26-63(27-25-62)30-42(67)54-22-9-4-3-8-21-53-38-15-10-14-35-44(38)49(70)64(48(35)69)40-19-20-41(66)58-46(40)68/h5-7,10,12-15,17-18,28-29,39-40,53,65H,3-4,8-9,11,16,19-27,30-31H2,1-2H3,(H,54,67)(H,58,66,68)(H2,55,56,57,59)/t39-,40?/m1/s1. The number of nitrogens with zero attached hydrogens (tertiary/aromatic N) is 7. The van der Waals surface area contributed by atoms with Gasteiger partial charge in [0.2, 0.25) is 29.6 Å². The summed E-state index contributed by atoms with van der Waals surface area (Å²) in [6, 6.07) is 18.4. The van der Waals surface area contributed by atoms with E-state index in [-0.39, 0.29) is 54.3 Å². The van der Waals surface area contributed by atoms with Crippen LogP contribution in [0.25, 0.3) is 11.5 Å². The quantitative estimate of drug-likeness (QED) is 0.0315. The van der Waals surface area contributed by atoms with Gasteiger partial charge in [0.1, 0.15) is 17.5 Å². The molecule has 0 radical (unpaired) electrons. The van der Waals surface area contributed by atoms with Gasteiger partial charge < -0.3 is 40.4 Å². The summed E-state index contributed by atoms with van der Waals surface area (Å²) in [4.78, 5) is 90.5. The van der Waals surface area contributed by atoms with Crippen LogP contribution >= 0.6 is 0 Å². The molecule has 3 aromatic carbocycles. The van der Waals surface area contributed by atoms with Crippen LogP contribution in [0.4, 0.5) is 23.1 Å². The predicted molar refractivity (Wildman–Crippen MR) is 268 cm³/mol. The van der Waals surface area contributed by atoms with E-state index in [1.54, 1.807) is 36.5 Å². The summed E-state index contributed by atoms with van der Waals surface area (Å²) in [5.41, 5.74) is 3.52. The molecular weight excluding hydrogens is 937 g/mol. The van der Waals surface area contributed by atoms with Crippen LogP contribution in [0.2, 0.25) is 0 Å². The first kappa shape index (κ1) is 50.3. The molecule has 5 aromatic rings. The Morgan fingerprint density at radius 2 is 1.64 bits per heavy atom. The van der Waals surface area contributed by atoms with Crippen LogP contribution in [-0.2, 0) is 31.1 Å². The maximum Gasteiger partial charge on any atom is 0.339 e. The number of hydrogen-bond donors (Lipinski definition) is 6. The molecule has 0 saturated carbocycles. The highest BCUT2D eigenvalue weighted by Crippen LogP contribution is 2.38. The zero-order chi connectivity index (χ0) is 51.1. The van der Waals surface area contributed by atoms with Crippen LogP contribution in [0.1, 0.15) is 113 Å². The Kier molecular flexibility index (Phi) is 15.5. The molecule has 2 atom stereocenters. The highest BCUT2D eigenvalue weighted by atomic mass is 16.6. The van der Waals surface area contributed by atoms with Crippen molar-refractivity contribution < 1.29 is 43.0 Å². The van der Waals surface area contributed by atoms with Crippen molar-refractivity contribution in [3.05, 3.63) is 107 Å². The predicted octanol–water partition coefficient (Wildman–Crippen LogP) is 4.56. The van der Waals surface area contributed by atoms with Gasteiger partial charge in [0.05, 0.1) is 41.4 Å². The Hall–Kier alpha value is -7.62. The number of cyclic esters (lactones) is 1. The number of carbonyl (C=O) groups is 6. The summed E-state index contributed by atoms with van der Waals surface area (Å²) in [7, 11) is 0. The van der Waals surface area contributed by atoms with Crippen LogP contribution in [0.3, 0.4) is 0 Å². The van der Waals surface area contributed by atoms with Crippen molar-refractivity contribution in [2.75, 3.05) is 74.9 Å². The van der Waals surface area contributed by atoms with Crippen molar-refractivity contribution in [1.29, 1.82) is 0 Å². The Labute approximate surface area is 421 Å². The third-order valence-corrected chi connectivity index (χ3v) is 13.6. The highest BCUT2D eigenvalue weighted by molar-refractivity contribution is 6.25. The maximum atomic E-state index is 13.3. The number of hydrogen-bond acceptors (Lipinski definition) is 18. The second kappa shape index (κ2) is 22.4. The molecule has 0 spiro atoms. The minimum atomic E-state index is -1.01. The molecule has 2 saturated heterocycles. The fourth-order valence-electron chi connectivity index (χ4n) is 9.63. The first-order valence-corrected chi connectivity index (χ1v) is 24.9. The molecule has 21 nitrogen and oxygen atoms in total. The molecular formula is C52H60N12O9. The van der Waals surface area contributed by atoms with Crippen molar-refractivity contribution in [3.8, 4) is 11.5 Å². The number of carbonyl (C=O) groups excluding carboxylic acids is 6. The molecule has 4 aliphatic heterocycles. The van der Waals surface area contributed by atoms with E-state index in [4.69, 9.17) is 14.1 Å². The van der Waals surface area contributed by atoms with E-state index in [1.807, 2.05) is 50.2 Å². The Balaban J connectivity index is 0.682. The second-order valence-electron chi connectivity index (χ2n) is 19.1. The van der Waals surface area contributed by atoms with Gasteiger partial charge in [-0.15, -0.1) is 10.2 Å². The van der Waals surface area contributed by atoms with Gasteiger partial charge in [0.25, 0.3) is 17.7 Å². The van der Waals surface area contributed by atoms with E-state index in [2.05, 4.69) is 51.6 Å². The van der Waals surface area contributed by atoms with Gasteiger partial charge in [0, 0.05) is 75.2 Å². The minimum Gasteiger partial charge on any atom is -0.451 e. The normalized spacial score (nSPS) is 18.0. The number of rotatable bonds is 22. The molecule has 0 bridgehead atoms. The molecule has 2 aromatic heterocycles. The number of piperazine rings is 1. The number of nitrogens with one attached hydrogen (secondary N) is 5. The van der Waals surface area contributed by atoms with Gasteiger partial charge in [-0.1, -0.05) is 49.2 Å². The number of unbranched alkanes of at least 4 members (excludes halogenated alkanes) is 3. The number of aromatic nitrogens is 4. The zero-order valence-corrected chi connectivity index (χ0v) is 40.9. The molecule has 9 rings (SSSR count). The van der Waals surface area contributed by atoms with Crippen LogP contribution in [0.5, 0.6) is 0 Å². The summed E-state index contributed by atoms with van der Waals surface area (Å²) >= 11 is 0. The zero-order valence-electron chi connectivity index (χ0n) is 40.9. The van der Waals surface area contributed by atoms with Crippen molar-refractivity contribution in [2.24, 2.45) is 0 Å². The lowest BCUT2D eigenvalue weighted by Crippen LogP contribution is -2.54. The lowest BCUT2D eigenvalue weighted by Gasteiger charge is -2.34. The third kappa shape index (κ3) is 11.7. The van der Waals surface area contributed by atoms with Gasteiger partial charge in [-0.2, -0.15) is 4.98 Å². The number of anilines is 4. The summed E-state index contributed by atoms with van der Waals surface area (Å²) in [6.45, 7) is 9.04. The summed E-state index contributed by atoms with van der Waals surface area (Å²) in [5, 5.41) is 34.3. The smallest absolute Gasteiger partial charge is 0.339 e. The molecule has 6 heterocycles. The van der Waals surface area contributed by atoms with E-state index in [0.29, 0.717) is 60.3 Å². The van der Waals surface area contributed by atoms with Gasteiger partial charge in [-0.25, -0.2) is 9.78 Å². The number of aliphatic hydroxyl groups is 1. The molecule has 6 N–H and O–H groups in total. The van der Waals surface area contributed by atoms with Crippen LogP contribution in [0.15, 0.2) is 77.3 Å².